The largest absolute Gasteiger partial charge is 0.392 e. The van der Waals surface area contributed by atoms with Crippen molar-refractivity contribution in [3.05, 3.63) is 20.8 Å². The molecule has 4 N–H and O–H groups in total. The molecule has 0 amide bonds. The molecule has 0 saturated carbocycles. The highest BCUT2D eigenvalue weighted by Gasteiger charge is 2.14. The predicted molar refractivity (Wildman–Crippen MR) is 70.8 cm³/mol. The number of nitrogen functional groups attached to an aromatic ring is 1. The first-order valence-electron chi connectivity index (χ1n) is 5.91. The van der Waals surface area contributed by atoms with Crippen molar-refractivity contribution in [2.75, 3.05) is 17.6 Å². The molecule has 0 saturated heterocycles. The molecule has 1 heterocycles. The molecule has 0 aliphatic rings. The number of aliphatic hydroxyl groups is 1. The second-order valence-electron chi connectivity index (χ2n) is 4.29. The second-order valence-corrected chi connectivity index (χ2v) is 4.29. The Morgan fingerprint density at radius 3 is 2.56 bits per heavy atom. The van der Waals surface area contributed by atoms with Crippen molar-refractivity contribution in [1.82, 2.24) is 9.13 Å². The summed E-state index contributed by atoms with van der Waals surface area (Å²) in [6.45, 7) is 4.15. The van der Waals surface area contributed by atoms with Crippen LogP contribution in [-0.4, -0.2) is 26.9 Å². The number of hydrogen-bond acceptors (Lipinski definition) is 5. The van der Waals surface area contributed by atoms with Gasteiger partial charge in [0.15, 0.2) is 0 Å². The Labute approximate surface area is 105 Å². The fourth-order valence-corrected chi connectivity index (χ4v) is 1.64. The van der Waals surface area contributed by atoms with Crippen LogP contribution in [0, 0.1) is 0 Å². The van der Waals surface area contributed by atoms with Crippen LogP contribution in [0.15, 0.2) is 9.59 Å². The first kappa shape index (κ1) is 14.3. The topological polar surface area (TPSA) is 102 Å². The molecule has 0 aliphatic heterocycles. The SMILES string of the molecule is CCCn1c(N)c(NCC(C)O)c(=O)n(C)c1=O. The van der Waals surface area contributed by atoms with E-state index in [9.17, 15) is 14.7 Å². The van der Waals surface area contributed by atoms with Crippen LogP contribution < -0.4 is 22.3 Å². The molecule has 7 nitrogen and oxygen atoms in total. The second kappa shape index (κ2) is 5.72. The zero-order valence-electron chi connectivity index (χ0n) is 10.9. The maximum Gasteiger partial charge on any atom is 0.332 e. The smallest absolute Gasteiger partial charge is 0.332 e. The molecule has 7 heteroatoms. The van der Waals surface area contributed by atoms with Gasteiger partial charge in [-0.2, -0.15) is 0 Å². The van der Waals surface area contributed by atoms with Gasteiger partial charge in [0, 0.05) is 20.1 Å². The third-order valence-corrected chi connectivity index (χ3v) is 2.60. The Morgan fingerprint density at radius 2 is 2.06 bits per heavy atom. The Balaban J connectivity index is 3.33. The number of rotatable bonds is 5. The average Bonchev–Trinajstić information content (AvgIpc) is 2.31. The molecule has 0 aliphatic carbocycles. The van der Waals surface area contributed by atoms with Crippen LogP contribution in [0.5, 0.6) is 0 Å². The number of nitrogens with one attached hydrogen (secondary N) is 1. The molecular weight excluding hydrogens is 236 g/mol. The van der Waals surface area contributed by atoms with Crippen LogP contribution in [0.3, 0.4) is 0 Å². The van der Waals surface area contributed by atoms with Crippen LogP contribution in [0.4, 0.5) is 11.5 Å². The molecule has 0 aromatic carbocycles. The van der Waals surface area contributed by atoms with Crippen molar-refractivity contribution in [3.8, 4) is 0 Å². The molecule has 1 aromatic heterocycles. The summed E-state index contributed by atoms with van der Waals surface area (Å²) in [5.74, 6) is 0.116. The van der Waals surface area contributed by atoms with Crippen molar-refractivity contribution in [2.45, 2.75) is 32.9 Å². The van der Waals surface area contributed by atoms with Gasteiger partial charge in [-0.15, -0.1) is 0 Å². The maximum absolute atomic E-state index is 11.9. The molecule has 1 rings (SSSR count). The van der Waals surface area contributed by atoms with Gasteiger partial charge in [-0.25, -0.2) is 4.79 Å². The summed E-state index contributed by atoms with van der Waals surface area (Å²) >= 11 is 0. The lowest BCUT2D eigenvalue weighted by Gasteiger charge is -2.16. The summed E-state index contributed by atoms with van der Waals surface area (Å²) in [6.07, 6.45) is 0.124. The zero-order valence-corrected chi connectivity index (χ0v) is 10.9. The quantitative estimate of drug-likeness (QED) is 0.648. The summed E-state index contributed by atoms with van der Waals surface area (Å²) in [7, 11) is 1.41. The highest BCUT2D eigenvalue weighted by molar-refractivity contribution is 5.60. The number of hydrogen-bond donors (Lipinski definition) is 3. The van der Waals surface area contributed by atoms with Crippen molar-refractivity contribution < 1.29 is 5.11 Å². The van der Waals surface area contributed by atoms with Crippen LogP contribution in [0.1, 0.15) is 20.3 Å². The van der Waals surface area contributed by atoms with Gasteiger partial charge in [0.05, 0.1) is 6.10 Å². The Bertz CT molecular complexity index is 530. The summed E-state index contributed by atoms with van der Waals surface area (Å²) in [6, 6.07) is 0. The van der Waals surface area contributed by atoms with E-state index in [-0.39, 0.29) is 18.1 Å². The van der Waals surface area contributed by atoms with Crippen LogP contribution in [-0.2, 0) is 13.6 Å². The van der Waals surface area contributed by atoms with Crippen molar-refractivity contribution in [1.29, 1.82) is 0 Å². The lowest BCUT2D eigenvalue weighted by molar-refractivity contribution is 0.208. The van der Waals surface area contributed by atoms with Gasteiger partial charge < -0.3 is 16.2 Å². The fraction of sp³-hybridized carbons (Fsp3) is 0.636. The molecule has 0 spiro atoms. The van der Waals surface area contributed by atoms with Crippen LogP contribution in [0.25, 0.3) is 0 Å². The van der Waals surface area contributed by atoms with Crippen molar-refractivity contribution in [3.63, 3.8) is 0 Å². The molecular formula is C11H20N4O3. The standard InChI is InChI=1S/C11H20N4O3/c1-4-5-15-9(12)8(13-6-7(2)16)10(17)14(3)11(15)18/h7,13,16H,4-6,12H2,1-3H3. The third kappa shape index (κ3) is 2.73. The van der Waals surface area contributed by atoms with Gasteiger partial charge in [-0.3, -0.25) is 13.9 Å². The third-order valence-electron chi connectivity index (χ3n) is 2.60. The number of nitrogens with zero attached hydrogens (tertiary/aromatic N) is 2. The Morgan fingerprint density at radius 1 is 1.44 bits per heavy atom. The first-order valence-corrected chi connectivity index (χ1v) is 5.91. The molecule has 1 aromatic rings. The predicted octanol–water partition coefficient (Wildman–Crippen LogP) is -0.668. The minimum atomic E-state index is -0.611. The number of aliphatic hydroxyl groups excluding tert-OH is 1. The van der Waals surface area contributed by atoms with Crippen LogP contribution in [0.2, 0.25) is 0 Å². The molecule has 0 radical (unpaired) electrons. The van der Waals surface area contributed by atoms with E-state index < -0.39 is 17.4 Å². The Kier molecular flexibility index (Phi) is 4.55. The number of anilines is 2. The summed E-state index contributed by atoms with van der Waals surface area (Å²) < 4.78 is 2.36. The van der Waals surface area contributed by atoms with E-state index in [1.807, 2.05) is 6.92 Å². The number of nitrogens with two attached hydrogens (primary N) is 1. The van der Waals surface area contributed by atoms with E-state index in [4.69, 9.17) is 5.73 Å². The van der Waals surface area contributed by atoms with Gasteiger partial charge in [0.2, 0.25) is 0 Å². The van der Waals surface area contributed by atoms with Crippen molar-refractivity contribution >= 4 is 11.5 Å². The molecule has 1 unspecified atom stereocenters. The highest BCUT2D eigenvalue weighted by atomic mass is 16.3. The monoisotopic (exact) mass is 256 g/mol. The molecule has 102 valence electrons. The molecule has 18 heavy (non-hydrogen) atoms. The van der Waals surface area contributed by atoms with E-state index in [0.717, 1.165) is 11.0 Å². The highest BCUT2D eigenvalue weighted by Crippen LogP contribution is 2.10. The number of aromatic nitrogens is 2. The summed E-state index contributed by atoms with van der Waals surface area (Å²) in [4.78, 5) is 23.8. The van der Waals surface area contributed by atoms with Gasteiger partial charge in [0.1, 0.15) is 11.5 Å². The average molecular weight is 256 g/mol. The maximum atomic E-state index is 11.9. The molecule has 0 bridgehead atoms. The van der Waals surface area contributed by atoms with Crippen molar-refractivity contribution in [2.24, 2.45) is 7.05 Å². The minimum absolute atomic E-state index is 0.116. The minimum Gasteiger partial charge on any atom is -0.392 e. The lowest BCUT2D eigenvalue weighted by Crippen LogP contribution is -2.41. The fourth-order valence-electron chi connectivity index (χ4n) is 1.64. The van der Waals surface area contributed by atoms with Gasteiger partial charge in [0.25, 0.3) is 5.56 Å². The summed E-state index contributed by atoms with van der Waals surface area (Å²) in [5.41, 5.74) is 5.08. The first-order chi connectivity index (χ1) is 8.40. The Hall–Kier alpha value is -1.76. The van der Waals surface area contributed by atoms with E-state index in [1.165, 1.54) is 11.6 Å². The molecule has 1 atom stereocenters. The van der Waals surface area contributed by atoms with Crippen LogP contribution >= 0.6 is 0 Å². The van der Waals surface area contributed by atoms with E-state index in [0.29, 0.717) is 6.54 Å². The van der Waals surface area contributed by atoms with E-state index >= 15 is 0 Å². The van der Waals surface area contributed by atoms with Gasteiger partial charge >= 0.3 is 5.69 Å². The lowest BCUT2D eigenvalue weighted by atomic mass is 10.3. The van der Waals surface area contributed by atoms with E-state index in [2.05, 4.69) is 5.32 Å². The normalized spacial score (nSPS) is 12.4. The van der Waals surface area contributed by atoms with E-state index in [1.54, 1.807) is 6.92 Å². The van der Waals surface area contributed by atoms with Gasteiger partial charge in [-0.05, 0) is 13.3 Å². The summed E-state index contributed by atoms with van der Waals surface area (Å²) in [5, 5.41) is 12.0. The molecule has 0 fully saturated rings. The zero-order chi connectivity index (χ0) is 13.9. The van der Waals surface area contributed by atoms with Gasteiger partial charge in [-0.1, -0.05) is 6.92 Å².